The molecular formula is C35H32Cl2Zr. The average Bonchev–Trinajstić information content (AvgIpc) is 3.53. The Morgan fingerprint density at radius 1 is 0.711 bits per heavy atom. The van der Waals surface area contributed by atoms with Crippen molar-refractivity contribution in [3.63, 3.8) is 0 Å². The van der Waals surface area contributed by atoms with E-state index in [2.05, 4.69) is 125 Å². The standard InChI is InChI=1S/C27H21.C5H5.C3H6.2ClH.Zr/c1-18-13-22-15-23-14-19(2)25(21-11-7-4-8-12-21)17-27(23)26(22)16-24(18)20-9-5-3-6-10-20;1-2-4-5-3-1;1-3-2;;;/h3-13,16-17H,15H2,1-2H3;1-3H,4H2;1-2H3;2*1H;/q;;;;;+2/p-2. The fourth-order valence-corrected chi connectivity index (χ4v) is 13.7. The van der Waals surface area contributed by atoms with E-state index >= 15 is 0 Å². The van der Waals surface area contributed by atoms with Gasteiger partial charge in [-0.3, -0.25) is 0 Å². The first kappa shape index (κ1) is 28.7. The molecule has 0 saturated heterocycles. The number of hydrogen-bond acceptors (Lipinski definition) is 0. The first-order valence-corrected chi connectivity index (χ1v) is 16.7. The number of hydrogen-bond donors (Lipinski definition) is 0. The van der Waals surface area contributed by atoms with Crippen LogP contribution < -0.4 is 28.1 Å². The maximum atomic E-state index is 2.51. The largest absolute Gasteiger partial charge is 1.00 e. The summed E-state index contributed by atoms with van der Waals surface area (Å²) < 4.78 is 5.10. The SMILES string of the molecule is C[C](C)=[Zr+2]([C]1=CC=CC1)[c]1c(C)c(-c2ccccc2)cc2c1Cc1cc(C)c(-c3ccccc3)cc1-2.[Cl-].[Cl-]. The van der Waals surface area contributed by atoms with Gasteiger partial charge >= 0.3 is 224 Å². The van der Waals surface area contributed by atoms with Crippen molar-refractivity contribution in [2.45, 2.75) is 40.5 Å². The van der Waals surface area contributed by atoms with E-state index in [1.54, 1.807) is 15.3 Å². The summed E-state index contributed by atoms with van der Waals surface area (Å²) >= 11 is -2.20. The van der Waals surface area contributed by atoms with Gasteiger partial charge in [-0.15, -0.1) is 0 Å². The molecule has 0 atom stereocenters. The molecular weight excluding hydrogens is 583 g/mol. The van der Waals surface area contributed by atoms with Crippen molar-refractivity contribution in [1.29, 1.82) is 0 Å². The van der Waals surface area contributed by atoms with E-state index in [0.717, 1.165) is 12.8 Å². The fourth-order valence-electron chi connectivity index (χ4n) is 6.16. The first-order valence-electron chi connectivity index (χ1n) is 13.0. The zero-order valence-electron chi connectivity index (χ0n) is 22.4. The number of fused-ring (bicyclic) bond motifs is 3. The van der Waals surface area contributed by atoms with Crippen LogP contribution in [0.25, 0.3) is 33.4 Å². The average molecular weight is 615 g/mol. The summed E-state index contributed by atoms with van der Waals surface area (Å²) in [5.74, 6) is 0. The summed E-state index contributed by atoms with van der Waals surface area (Å²) in [5, 5.41) is 0. The van der Waals surface area contributed by atoms with E-state index in [1.807, 2.05) is 0 Å². The Kier molecular flexibility index (Phi) is 8.94. The van der Waals surface area contributed by atoms with Gasteiger partial charge < -0.3 is 24.8 Å². The van der Waals surface area contributed by atoms with Gasteiger partial charge in [0, 0.05) is 0 Å². The molecule has 4 aromatic carbocycles. The van der Waals surface area contributed by atoms with Gasteiger partial charge in [0.05, 0.1) is 0 Å². The Labute approximate surface area is 247 Å². The molecule has 0 spiro atoms. The van der Waals surface area contributed by atoms with Gasteiger partial charge in [0.1, 0.15) is 0 Å². The molecule has 3 heteroatoms. The molecule has 38 heavy (non-hydrogen) atoms. The molecule has 0 unspecified atom stereocenters. The molecule has 0 fully saturated rings. The molecule has 190 valence electrons. The second kappa shape index (κ2) is 11.8. The smallest absolute Gasteiger partial charge is 1.00 e. The monoisotopic (exact) mass is 612 g/mol. The van der Waals surface area contributed by atoms with Gasteiger partial charge in [-0.2, -0.15) is 0 Å². The van der Waals surface area contributed by atoms with Crippen LogP contribution in [0.15, 0.2) is 100 Å². The Balaban J connectivity index is 0.00000168. The normalized spacial score (nSPS) is 12.4. The fraction of sp³-hybridized carbons (Fsp3) is 0.171. The molecule has 0 saturated carbocycles. The minimum Gasteiger partial charge on any atom is -1.00 e. The van der Waals surface area contributed by atoms with Crippen LogP contribution in [-0.2, 0) is 27.7 Å². The van der Waals surface area contributed by atoms with Crippen LogP contribution in [0.5, 0.6) is 0 Å². The summed E-state index contributed by atoms with van der Waals surface area (Å²) in [6.07, 6.45) is 9.25. The molecule has 2 aliphatic rings. The summed E-state index contributed by atoms with van der Waals surface area (Å²) in [7, 11) is 0. The van der Waals surface area contributed by atoms with Crippen molar-refractivity contribution >= 4 is 6.48 Å². The van der Waals surface area contributed by atoms with Crippen molar-refractivity contribution in [3.8, 4) is 33.4 Å². The molecule has 2 aliphatic carbocycles. The van der Waals surface area contributed by atoms with E-state index in [-0.39, 0.29) is 24.8 Å². The molecule has 6 rings (SSSR count). The number of rotatable bonds is 4. The van der Waals surface area contributed by atoms with Crippen LogP contribution in [0.3, 0.4) is 0 Å². The van der Waals surface area contributed by atoms with E-state index < -0.39 is 21.3 Å². The summed E-state index contributed by atoms with van der Waals surface area (Å²) in [6, 6.07) is 29.3. The topological polar surface area (TPSA) is 0 Å². The summed E-state index contributed by atoms with van der Waals surface area (Å²) in [4.78, 5) is 0. The number of halogens is 2. The van der Waals surface area contributed by atoms with Crippen molar-refractivity contribution in [3.05, 3.63) is 123 Å². The van der Waals surface area contributed by atoms with Gasteiger partial charge in [0.2, 0.25) is 0 Å². The van der Waals surface area contributed by atoms with E-state index in [1.165, 1.54) is 50.1 Å². The van der Waals surface area contributed by atoms with Crippen molar-refractivity contribution in [2.24, 2.45) is 0 Å². The van der Waals surface area contributed by atoms with Crippen LogP contribution in [0.4, 0.5) is 0 Å². The molecule has 0 radical (unpaired) electrons. The van der Waals surface area contributed by atoms with E-state index in [4.69, 9.17) is 0 Å². The van der Waals surface area contributed by atoms with Gasteiger partial charge in [-0.1, -0.05) is 0 Å². The maximum absolute atomic E-state index is 2.51. The zero-order valence-corrected chi connectivity index (χ0v) is 26.4. The van der Waals surface area contributed by atoms with Gasteiger partial charge in [-0.25, -0.2) is 0 Å². The molecule has 4 aromatic rings. The van der Waals surface area contributed by atoms with Crippen molar-refractivity contribution in [2.75, 3.05) is 0 Å². The third kappa shape index (κ3) is 5.02. The van der Waals surface area contributed by atoms with Crippen LogP contribution in [-0.4, -0.2) is 3.21 Å². The second-order valence-corrected chi connectivity index (χ2v) is 17.5. The second-order valence-electron chi connectivity index (χ2n) is 10.4. The van der Waals surface area contributed by atoms with Crippen LogP contribution in [0.2, 0.25) is 0 Å². The summed E-state index contributed by atoms with van der Waals surface area (Å²) in [6.45, 7) is 9.46. The zero-order chi connectivity index (χ0) is 24.8. The third-order valence-corrected chi connectivity index (χ3v) is 15.7. The van der Waals surface area contributed by atoms with E-state index in [0.29, 0.717) is 0 Å². The molecule has 0 bridgehead atoms. The molecule has 0 aromatic heterocycles. The minimum atomic E-state index is -2.20. The Morgan fingerprint density at radius 2 is 1.32 bits per heavy atom. The molecule has 0 amide bonds. The first-order chi connectivity index (χ1) is 17.5. The van der Waals surface area contributed by atoms with Crippen LogP contribution in [0.1, 0.15) is 42.5 Å². The van der Waals surface area contributed by atoms with Gasteiger partial charge in [-0.05, 0) is 0 Å². The minimum absolute atomic E-state index is 0. The van der Waals surface area contributed by atoms with Crippen molar-refractivity contribution in [1.82, 2.24) is 0 Å². The van der Waals surface area contributed by atoms with Crippen LogP contribution >= 0.6 is 0 Å². The predicted molar refractivity (Wildman–Crippen MR) is 153 cm³/mol. The quantitative estimate of drug-likeness (QED) is 0.292. The Bertz CT molecular complexity index is 1590. The Hall–Kier alpha value is -2.31. The number of benzene rings is 4. The molecule has 0 nitrogen and oxygen atoms in total. The predicted octanol–water partition coefficient (Wildman–Crippen LogP) is 2.52. The number of allylic oxidation sites excluding steroid dienone is 4. The molecule has 0 N–H and O–H groups in total. The summed E-state index contributed by atoms with van der Waals surface area (Å²) in [5.41, 5.74) is 14.3. The molecule has 0 aliphatic heterocycles. The maximum Gasteiger partial charge on any atom is -1.00 e. The number of aryl methyl sites for hydroxylation is 1. The van der Waals surface area contributed by atoms with Gasteiger partial charge in [0.15, 0.2) is 0 Å². The van der Waals surface area contributed by atoms with Gasteiger partial charge in [0.25, 0.3) is 0 Å². The van der Waals surface area contributed by atoms with E-state index in [9.17, 15) is 0 Å². The molecule has 0 heterocycles. The Morgan fingerprint density at radius 3 is 1.89 bits per heavy atom. The third-order valence-electron chi connectivity index (χ3n) is 7.81. The van der Waals surface area contributed by atoms with Crippen molar-refractivity contribution < 1.29 is 46.1 Å². The van der Waals surface area contributed by atoms with Crippen LogP contribution in [0, 0.1) is 13.8 Å².